The van der Waals surface area contributed by atoms with E-state index in [0.717, 1.165) is 25.4 Å². The number of hydrogen-bond acceptors (Lipinski definition) is 7. The lowest BCUT2D eigenvalue weighted by Crippen LogP contribution is -2.23. The monoisotopic (exact) mass is 430 g/mol. The predicted molar refractivity (Wildman–Crippen MR) is 113 cm³/mol. The normalized spacial score (nSPS) is 15.1. The van der Waals surface area contributed by atoms with Crippen LogP contribution in [-0.4, -0.2) is 62.3 Å². The Morgan fingerprint density at radius 1 is 1.26 bits per heavy atom. The third-order valence-electron chi connectivity index (χ3n) is 5.05. The number of anilines is 2. The summed E-state index contributed by atoms with van der Waals surface area (Å²) in [5.41, 5.74) is 1.01. The molecule has 3 aromatic heterocycles. The van der Waals surface area contributed by atoms with Gasteiger partial charge in [0.25, 0.3) is 0 Å². The minimum absolute atomic E-state index is 0.176. The molecule has 1 saturated heterocycles. The second-order valence-electron chi connectivity index (χ2n) is 7.79. The number of pyridine rings is 1. The molecule has 0 unspecified atom stereocenters. The van der Waals surface area contributed by atoms with Crippen molar-refractivity contribution in [3.63, 3.8) is 0 Å². The first-order valence-corrected chi connectivity index (χ1v) is 10.0. The molecule has 1 aliphatic rings. The molecule has 11 heteroatoms. The molecule has 164 valence electrons. The van der Waals surface area contributed by atoms with E-state index in [9.17, 15) is 13.6 Å². The molecular weight excluding hydrogens is 406 g/mol. The van der Waals surface area contributed by atoms with E-state index in [1.165, 1.54) is 4.68 Å². The van der Waals surface area contributed by atoms with Crippen LogP contribution in [0.3, 0.4) is 0 Å². The van der Waals surface area contributed by atoms with Gasteiger partial charge in [-0.15, -0.1) is 5.10 Å². The maximum atomic E-state index is 14.0. The number of rotatable bonds is 5. The van der Waals surface area contributed by atoms with E-state index in [0.29, 0.717) is 35.9 Å². The van der Waals surface area contributed by atoms with Gasteiger partial charge in [-0.2, -0.15) is 8.78 Å². The van der Waals surface area contributed by atoms with Gasteiger partial charge in [0.2, 0.25) is 11.7 Å². The molecule has 9 nitrogen and oxygen atoms in total. The summed E-state index contributed by atoms with van der Waals surface area (Å²) in [6.45, 7) is 6.48. The van der Waals surface area contributed by atoms with Gasteiger partial charge in [0, 0.05) is 50.5 Å². The van der Waals surface area contributed by atoms with Gasteiger partial charge < -0.3 is 10.2 Å². The van der Waals surface area contributed by atoms with Gasteiger partial charge in [0.05, 0.1) is 17.6 Å². The highest BCUT2D eigenvalue weighted by atomic mass is 19.3. The number of halogens is 2. The molecule has 0 bridgehead atoms. The number of hydrogen-bond donors (Lipinski definition) is 1. The minimum Gasteiger partial charge on any atom is -0.340 e. The summed E-state index contributed by atoms with van der Waals surface area (Å²) >= 11 is 0. The quantitative estimate of drug-likeness (QED) is 0.665. The molecule has 4 rings (SSSR count). The Hall–Kier alpha value is -3.21. The number of nitrogens with one attached hydrogen (secondary N) is 1. The number of aryl methyl sites for hydroxylation is 1. The lowest BCUT2D eigenvalue weighted by molar-refractivity contribution is -0.115. The molecule has 1 fully saturated rings. The van der Waals surface area contributed by atoms with Crippen molar-refractivity contribution < 1.29 is 13.6 Å². The Morgan fingerprint density at radius 3 is 2.68 bits per heavy atom. The molecule has 0 radical (unpaired) electrons. The number of likely N-dealkylation sites (N-methyl/N-ethyl adjacent to an activating group) is 1. The average Bonchev–Trinajstić information content (AvgIpc) is 3.30. The topological polar surface area (TPSA) is 92.1 Å². The fraction of sp³-hybridized carbons (Fsp3) is 0.450. The van der Waals surface area contributed by atoms with Gasteiger partial charge in [-0.25, -0.2) is 19.6 Å². The summed E-state index contributed by atoms with van der Waals surface area (Å²) in [7, 11) is 2.01. The smallest absolute Gasteiger partial charge is 0.303 e. The third kappa shape index (κ3) is 4.18. The molecular formula is C20H24F2N8O. The SMILES string of the molecule is CCC(=O)Nc1cc2c(cn1)c(N1CCN(C)C1)nn2-c1cc(C)nc(C(C)(F)F)n1. The summed E-state index contributed by atoms with van der Waals surface area (Å²) < 4.78 is 29.4. The van der Waals surface area contributed by atoms with E-state index >= 15 is 0 Å². The lowest BCUT2D eigenvalue weighted by atomic mass is 10.3. The molecule has 0 atom stereocenters. The van der Waals surface area contributed by atoms with Crippen LogP contribution in [0.2, 0.25) is 0 Å². The number of nitrogens with zero attached hydrogens (tertiary/aromatic N) is 7. The zero-order chi connectivity index (χ0) is 22.3. The molecule has 31 heavy (non-hydrogen) atoms. The predicted octanol–water partition coefficient (Wildman–Crippen LogP) is 2.69. The first-order chi connectivity index (χ1) is 14.7. The van der Waals surface area contributed by atoms with Gasteiger partial charge in [-0.3, -0.25) is 9.69 Å². The van der Waals surface area contributed by atoms with Gasteiger partial charge in [0.1, 0.15) is 5.82 Å². The van der Waals surface area contributed by atoms with Crippen LogP contribution in [0.25, 0.3) is 16.7 Å². The molecule has 0 spiro atoms. The van der Waals surface area contributed by atoms with E-state index in [1.807, 2.05) is 7.05 Å². The van der Waals surface area contributed by atoms with Gasteiger partial charge >= 0.3 is 5.92 Å². The van der Waals surface area contributed by atoms with Crippen molar-refractivity contribution in [2.45, 2.75) is 33.1 Å². The second kappa shape index (κ2) is 7.80. The Morgan fingerprint density at radius 2 is 2.03 bits per heavy atom. The summed E-state index contributed by atoms with van der Waals surface area (Å²) in [6, 6.07) is 3.28. The first-order valence-electron chi connectivity index (χ1n) is 10.0. The fourth-order valence-corrected chi connectivity index (χ4v) is 3.46. The minimum atomic E-state index is -3.19. The van der Waals surface area contributed by atoms with E-state index in [-0.39, 0.29) is 11.7 Å². The highest BCUT2D eigenvalue weighted by Gasteiger charge is 2.30. The first kappa shape index (κ1) is 21.0. The molecule has 1 N–H and O–H groups in total. The van der Waals surface area contributed by atoms with Crippen LogP contribution in [-0.2, 0) is 10.7 Å². The van der Waals surface area contributed by atoms with Crippen molar-refractivity contribution in [1.29, 1.82) is 0 Å². The average molecular weight is 430 g/mol. The van der Waals surface area contributed by atoms with Crippen LogP contribution >= 0.6 is 0 Å². The Bertz CT molecular complexity index is 1140. The zero-order valence-corrected chi connectivity index (χ0v) is 17.9. The Labute approximate surface area is 178 Å². The van der Waals surface area contributed by atoms with Gasteiger partial charge in [-0.05, 0) is 14.0 Å². The summed E-state index contributed by atoms with van der Waals surface area (Å²) in [6.07, 6.45) is 1.95. The zero-order valence-electron chi connectivity index (χ0n) is 17.9. The third-order valence-corrected chi connectivity index (χ3v) is 5.05. The van der Waals surface area contributed by atoms with E-state index in [4.69, 9.17) is 5.10 Å². The van der Waals surface area contributed by atoms with Crippen LogP contribution < -0.4 is 10.2 Å². The maximum Gasteiger partial charge on any atom is 0.303 e. The van der Waals surface area contributed by atoms with Crippen LogP contribution in [0.4, 0.5) is 20.4 Å². The summed E-state index contributed by atoms with van der Waals surface area (Å²) in [4.78, 5) is 28.4. The highest BCUT2D eigenvalue weighted by molar-refractivity contribution is 5.95. The summed E-state index contributed by atoms with van der Waals surface area (Å²) in [5.74, 6) is -2.66. The number of amides is 1. The lowest BCUT2D eigenvalue weighted by Gasteiger charge is -2.15. The molecule has 1 amide bonds. The van der Waals surface area contributed by atoms with Crippen LogP contribution in [0.15, 0.2) is 18.3 Å². The van der Waals surface area contributed by atoms with Crippen LogP contribution in [0.5, 0.6) is 0 Å². The van der Waals surface area contributed by atoms with Gasteiger partial charge in [-0.1, -0.05) is 6.92 Å². The van der Waals surface area contributed by atoms with Crippen molar-refractivity contribution in [2.24, 2.45) is 0 Å². The number of fused-ring (bicyclic) bond motifs is 1. The highest BCUT2D eigenvalue weighted by Crippen LogP contribution is 2.31. The molecule has 0 aliphatic carbocycles. The molecule has 3 aromatic rings. The molecule has 1 aliphatic heterocycles. The number of alkyl halides is 2. The van der Waals surface area contributed by atoms with Crippen LogP contribution in [0, 0.1) is 6.92 Å². The van der Waals surface area contributed by atoms with E-state index in [1.54, 1.807) is 32.2 Å². The standard InChI is InChI=1S/C20H24F2N8O/c1-5-17(31)25-15-9-14-13(10-23-15)18(29-7-6-28(4)11-29)27-30(14)16-8-12(2)24-19(26-16)20(3,21)22/h8-10H,5-7,11H2,1-4H3,(H,23,25,31). The van der Waals surface area contributed by atoms with Crippen molar-refractivity contribution in [1.82, 2.24) is 29.6 Å². The molecule has 0 saturated carbocycles. The van der Waals surface area contributed by atoms with Crippen molar-refractivity contribution in [2.75, 3.05) is 37.0 Å². The number of carbonyl (C=O) groups excluding carboxylic acids is 1. The maximum absolute atomic E-state index is 14.0. The number of aromatic nitrogens is 5. The van der Waals surface area contributed by atoms with Crippen molar-refractivity contribution in [3.8, 4) is 5.82 Å². The van der Waals surface area contributed by atoms with Gasteiger partial charge in [0.15, 0.2) is 11.6 Å². The number of carbonyl (C=O) groups is 1. The van der Waals surface area contributed by atoms with E-state index in [2.05, 4.69) is 30.1 Å². The van der Waals surface area contributed by atoms with Crippen LogP contribution in [0.1, 0.15) is 31.8 Å². The summed E-state index contributed by atoms with van der Waals surface area (Å²) in [5, 5.41) is 8.18. The van der Waals surface area contributed by atoms with Crippen molar-refractivity contribution >= 4 is 28.4 Å². The molecule has 4 heterocycles. The van der Waals surface area contributed by atoms with Crippen molar-refractivity contribution in [3.05, 3.63) is 29.8 Å². The second-order valence-corrected chi connectivity index (χ2v) is 7.79. The van der Waals surface area contributed by atoms with E-state index < -0.39 is 11.7 Å². The Kier molecular flexibility index (Phi) is 5.29. The molecule has 0 aromatic carbocycles. The fourth-order valence-electron chi connectivity index (χ4n) is 3.46. The Balaban J connectivity index is 1.90. The largest absolute Gasteiger partial charge is 0.340 e.